The van der Waals surface area contributed by atoms with Crippen molar-refractivity contribution in [3.05, 3.63) is 26.4 Å². The molecule has 0 aliphatic rings. The van der Waals surface area contributed by atoms with E-state index >= 15 is 0 Å². The first-order valence-corrected chi connectivity index (χ1v) is 5.19. The molecule has 0 bridgehead atoms. The first-order chi connectivity index (χ1) is 7.99. The number of nitrogens with one attached hydrogen (secondary N) is 2. The van der Waals surface area contributed by atoms with E-state index in [-0.39, 0.29) is 16.8 Å². The van der Waals surface area contributed by atoms with Crippen LogP contribution < -0.4 is 5.56 Å². The van der Waals surface area contributed by atoms with Crippen LogP contribution in [0.4, 0.5) is 0 Å². The SMILES string of the molecule is CCc1c(CC(=NO)C(=O)O)[nH]c(=S)[nH]c1=O. The van der Waals surface area contributed by atoms with Gasteiger partial charge in [-0.2, -0.15) is 0 Å². The summed E-state index contributed by atoms with van der Waals surface area (Å²) in [6, 6.07) is 0. The first kappa shape index (κ1) is 13.1. The van der Waals surface area contributed by atoms with Crippen molar-refractivity contribution in [2.75, 3.05) is 0 Å². The fourth-order valence-electron chi connectivity index (χ4n) is 1.41. The standard InChI is InChI=1S/C9H11N3O4S/c1-2-4-5(3-6(12-16)8(14)15)10-9(17)11-7(4)13/h16H,2-3H2,1H3,(H,14,15)(H2,10,11,13,17). The number of H-pyrrole nitrogens is 2. The lowest BCUT2D eigenvalue weighted by atomic mass is 10.1. The maximum absolute atomic E-state index is 11.5. The maximum atomic E-state index is 11.5. The molecule has 7 nitrogen and oxygen atoms in total. The van der Waals surface area contributed by atoms with Crippen LogP contribution in [0, 0.1) is 4.77 Å². The predicted molar refractivity (Wildman–Crippen MR) is 62.2 cm³/mol. The number of hydrogen-bond donors (Lipinski definition) is 4. The highest BCUT2D eigenvalue weighted by Gasteiger charge is 2.15. The van der Waals surface area contributed by atoms with E-state index in [1.807, 2.05) is 0 Å². The Morgan fingerprint density at radius 3 is 2.59 bits per heavy atom. The van der Waals surface area contributed by atoms with Gasteiger partial charge in [0, 0.05) is 17.7 Å². The molecular formula is C9H11N3O4S. The summed E-state index contributed by atoms with van der Waals surface area (Å²) in [4.78, 5) is 27.3. The Balaban J connectivity index is 3.27. The Hall–Kier alpha value is -1.96. The van der Waals surface area contributed by atoms with E-state index in [1.165, 1.54) is 0 Å². The van der Waals surface area contributed by atoms with Crippen molar-refractivity contribution in [1.82, 2.24) is 9.97 Å². The number of carboxylic acids is 1. The van der Waals surface area contributed by atoms with Crippen LogP contribution in [0.2, 0.25) is 0 Å². The summed E-state index contributed by atoms with van der Waals surface area (Å²) in [5, 5.41) is 19.9. The lowest BCUT2D eigenvalue weighted by Gasteiger charge is -2.05. The van der Waals surface area contributed by atoms with Gasteiger partial charge >= 0.3 is 5.97 Å². The van der Waals surface area contributed by atoms with Crippen LogP contribution in [0.1, 0.15) is 18.2 Å². The molecule has 8 heteroatoms. The van der Waals surface area contributed by atoms with Gasteiger partial charge in [0.05, 0.1) is 0 Å². The second-order valence-electron chi connectivity index (χ2n) is 3.25. The van der Waals surface area contributed by atoms with Crippen molar-refractivity contribution in [1.29, 1.82) is 0 Å². The molecule has 4 N–H and O–H groups in total. The molecule has 0 fully saturated rings. The van der Waals surface area contributed by atoms with Crippen molar-refractivity contribution in [2.24, 2.45) is 5.16 Å². The molecule has 1 heterocycles. The third kappa shape index (κ3) is 3.00. The average molecular weight is 257 g/mol. The molecule has 0 aromatic carbocycles. The van der Waals surface area contributed by atoms with E-state index in [9.17, 15) is 9.59 Å². The Kier molecular flexibility index (Phi) is 4.16. The Morgan fingerprint density at radius 2 is 2.12 bits per heavy atom. The first-order valence-electron chi connectivity index (χ1n) is 4.78. The molecule has 0 amide bonds. The van der Waals surface area contributed by atoms with E-state index in [1.54, 1.807) is 6.92 Å². The highest BCUT2D eigenvalue weighted by molar-refractivity contribution is 7.71. The zero-order chi connectivity index (χ0) is 13.0. The smallest absolute Gasteiger partial charge is 0.354 e. The number of carbonyl (C=O) groups is 1. The molecule has 0 aliphatic carbocycles. The van der Waals surface area contributed by atoms with Crippen LogP contribution in [0.25, 0.3) is 0 Å². The van der Waals surface area contributed by atoms with E-state index in [2.05, 4.69) is 15.1 Å². The molecule has 92 valence electrons. The number of rotatable bonds is 4. The van der Waals surface area contributed by atoms with Gasteiger partial charge in [-0.25, -0.2) is 4.79 Å². The Bertz CT molecular complexity index is 572. The molecule has 0 aliphatic heterocycles. The summed E-state index contributed by atoms with van der Waals surface area (Å²) in [5.41, 5.74) is -0.0951. The molecule has 0 spiro atoms. The van der Waals surface area contributed by atoms with Gasteiger partial charge in [-0.15, -0.1) is 0 Å². The number of aromatic nitrogens is 2. The molecule has 1 aromatic heterocycles. The van der Waals surface area contributed by atoms with Crippen LogP contribution in [-0.4, -0.2) is 32.0 Å². The molecule has 0 radical (unpaired) electrons. The zero-order valence-corrected chi connectivity index (χ0v) is 9.80. The van der Waals surface area contributed by atoms with Crippen molar-refractivity contribution >= 4 is 23.9 Å². The maximum Gasteiger partial charge on any atom is 0.354 e. The zero-order valence-electron chi connectivity index (χ0n) is 8.98. The summed E-state index contributed by atoms with van der Waals surface area (Å²) in [6.45, 7) is 1.75. The van der Waals surface area contributed by atoms with Crippen LogP contribution in [0.5, 0.6) is 0 Å². The summed E-state index contributed by atoms with van der Waals surface area (Å²) >= 11 is 4.79. The van der Waals surface area contributed by atoms with Crippen molar-refractivity contribution < 1.29 is 15.1 Å². The Labute approximate surface area is 101 Å². The summed E-state index contributed by atoms with van der Waals surface area (Å²) in [6.07, 6.45) is 0.220. The van der Waals surface area contributed by atoms with Crippen LogP contribution in [-0.2, 0) is 17.6 Å². The van der Waals surface area contributed by atoms with Gasteiger partial charge in [0.25, 0.3) is 5.56 Å². The molecule has 0 saturated carbocycles. The lowest BCUT2D eigenvalue weighted by Crippen LogP contribution is -2.22. The van der Waals surface area contributed by atoms with Crippen molar-refractivity contribution in [3.63, 3.8) is 0 Å². The molecule has 17 heavy (non-hydrogen) atoms. The predicted octanol–water partition coefficient (Wildman–Crippen LogP) is 0.452. The number of nitrogens with zero attached hydrogens (tertiary/aromatic N) is 1. The van der Waals surface area contributed by atoms with Crippen LogP contribution in [0.15, 0.2) is 9.95 Å². The summed E-state index contributed by atoms with van der Waals surface area (Å²) in [7, 11) is 0. The summed E-state index contributed by atoms with van der Waals surface area (Å²) < 4.78 is 0.102. The van der Waals surface area contributed by atoms with Crippen molar-refractivity contribution in [2.45, 2.75) is 19.8 Å². The lowest BCUT2D eigenvalue weighted by molar-refractivity contribution is -0.129. The molecular weight excluding hydrogens is 246 g/mol. The topological polar surface area (TPSA) is 119 Å². The molecule has 0 unspecified atom stereocenters. The number of hydrogen-bond acceptors (Lipinski definition) is 5. The fourth-order valence-corrected chi connectivity index (χ4v) is 1.62. The van der Waals surface area contributed by atoms with E-state index in [0.29, 0.717) is 17.7 Å². The van der Waals surface area contributed by atoms with E-state index in [0.717, 1.165) is 0 Å². The third-order valence-electron chi connectivity index (χ3n) is 2.20. The van der Waals surface area contributed by atoms with Gasteiger partial charge in [0.15, 0.2) is 10.5 Å². The minimum Gasteiger partial charge on any atom is -0.477 e. The molecule has 1 aromatic rings. The third-order valence-corrected chi connectivity index (χ3v) is 2.40. The molecule has 1 rings (SSSR count). The fraction of sp³-hybridized carbons (Fsp3) is 0.333. The largest absolute Gasteiger partial charge is 0.477 e. The van der Waals surface area contributed by atoms with Crippen LogP contribution in [0.3, 0.4) is 0 Å². The van der Waals surface area contributed by atoms with Gasteiger partial charge in [0.2, 0.25) is 0 Å². The second kappa shape index (κ2) is 5.39. The van der Waals surface area contributed by atoms with Gasteiger partial charge in [-0.3, -0.25) is 9.78 Å². The van der Waals surface area contributed by atoms with Gasteiger partial charge in [0.1, 0.15) is 0 Å². The second-order valence-corrected chi connectivity index (χ2v) is 3.66. The number of aliphatic carboxylic acids is 1. The summed E-state index contributed by atoms with van der Waals surface area (Å²) in [5.74, 6) is -1.35. The van der Waals surface area contributed by atoms with Gasteiger partial charge in [-0.1, -0.05) is 12.1 Å². The number of aromatic amines is 2. The normalized spacial score (nSPS) is 11.5. The average Bonchev–Trinajstić information content (AvgIpc) is 2.24. The van der Waals surface area contributed by atoms with E-state index in [4.69, 9.17) is 22.5 Å². The van der Waals surface area contributed by atoms with Gasteiger partial charge < -0.3 is 15.3 Å². The minimum absolute atomic E-state index is 0.102. The molecule has 0 saturated heterocycles. The van der Waals surface area contributed by atoms with Gasteiger partial charge in [-0.05, 0) is 18.6 Å². The Morgan fingerprint density at radius 1 is 1.47 bits per heavy atom. The quantitative estimate of drug-likeness (QED) is 0.270. The highest BCUT2D eigenvalue weighted by atomic mass is 32.1. The monoisotopic (exact) mass is 257 g/mol. The molecule has 0 atom stereocenters. The van der Waals surface area contributed by atoms with E-state index < -0.39 is 11.7 Å². The van der Waals surface area contributed by atoms with Crippen molar-refractivity contribution in [3.8, 4) is 0 Å². The van der Waals surface area contributed by atoms with Crippen LogP contribution >= 0.6 is 12.2 Å². The number of oxime groups is 1. The number of carboxylic acid groups (broad SMARTS) is 1. The highest BCUT2D eigenvalue weighted by Crippen LogP contribution is 2.03. The minimum atomic E-state index is -1.35.